The van der Waals surface area contributed by atoms with Crippen LogP contribution in [0.15, 0.2) is 18.5 Å². The number of anilines is 1. The number of aliphatic hydroxyl groups excluding tert-OH is 1. The molecule has 0 radical (unpaired) electrons. The first kappa shape index (κ1) is 9.40. The van der Waals surface area contributed by atoms with E-state index < -0.39 is 0 Å². The second-order valence-electron chi connectivity index (χ2n) is 3.72. The average molecular weight is 193 g/mol. The Morgan fingerprint density at radius 3 is 2.43 bits per heavy atom. The van der Waals surface area contributed by atoms with Crippen LogP contribution in [-0.4, -0.2) is 27.2 Å². The second-order valence-corrected chi connectivity index (χ2v) is 3.72. The minimum atomic E-state index is -0.107. The Balaban J connectivity index is 1.87. The van der Waals surface area contributed by atoms with Crippen LogP contribution < -0.4 is 5.32 Å². The molecule has 14 heavy (non-hydrogen) atoms. The lowest BCUT2D eigenvalue weighted by Gasteiger charge is -2.25. The van der Waals surface area contributed by atoms with Gasteiger partial charge in [0.15, 0.2) is 0 Å². The van der Waals surface area contributed by atoms with E-state index in [1.165, 1.54) is 0 Å². The number of aromatic nitrogens is 2. The summed E-state index contributed by atoms with van der Waals surface area (Å²) < 4.78 is 0. The van der Waals surface area contributed by atoms with Crippen LogP contribution in [0.25, 0.3) is 0 Å². The molecule has 1 aromatic rings. The molecular weight excluding hydrogens is 178 g/mol. The highest BCUT2D eigenvalue weighted by Crippen LogP contribution is 2.20. The number of hydrogen-bond donors (Lipinski definition) is 2. The molecule has 0 amide bonds. The molecule has 0 atom stereocenters. The van der Waals surface area contributed by atoms with Gasteiger partial charge in [0.25, 0.3) is 0 Å². The SMILES string of the molecule is O[C@H]1CC[C@@H](Nc2ncccn2)CC1. The van der Waals surface area contributed by atoms with Crippen molar-refractivity contribution >= 4 is 5.95 Å². The molecule has 2 N–H and O–H groups in total. The molecule has 0 spiro atoms. The van der Waals surface area contributed by atoms with Crippen LogP contribution >= 0.6 is 0 Å². The van der Waals surface area contributed by atoms with Crippen LogP contribution in [-0.2, 0) is 0 Å². The van der Waals surface area contributed by atoms with E-state index in [0.717, 1.165) is 25.7 Å². The van der Waals surface area contributed by atoms with Crippen LogP contribution in [0.5, 0.6) is 0 Å². The zero-order chi connectivity index (χ0) is 9.80. The fraction of sp³-hybridized carbons (Fsp3) is 0.600. The molecule has 1 heterocycles. The van der Waals surface area contributed by atoms with E-state index in [1.807, 2.05) is 0 Å². The molecule has 0 aliphatic heterocycles. The number of nitrogens with one attached hydrogen (secondary N) is 1. The lowest BCUT2D eigenvalue weighted by Crippen LogP contribution is -2.28. The summed E-state index contributed by atoms with van der Waals surface area (Å²) in [5.74, 6) is 0.689. The number of hydrogen-bond acceptors (Lipinski definition) is 4. The Hall–Kier alpha value is -1.16. The topological polar surface area (TPSA) is 58.0 Å². The molecule has 1 aliphatic carbocycles. The number of aliphatic hydroxyl groups is 1. The van der Waals surface area contributed by atoms with Gasteiger partial charge in [-0.1, -0.05) is 0 Å². The van der Waals surface area contributed by atoms with E-state index in [1.54, 1.807) is 18.5 Å². The third-order valence-electron chi connectivity index (χ3n) is 2.60. The van der Waals surface area contributed by atoms with Gasteiger partial charge in [0.05, 0.1) is 6.10 Å². The van der Waals surface area contributed by atoms with Gasteiger partial charge in [-0.05, 0) is 31.7 Å². The number of nitrogens with zero attached hydrogens (tertiary/aromatic N) is 2. The lowest BCUT2D eigenvalue weighted by atomic mass is 9.93. The van der Waals surface area contributed by atoms with E-state index in [0.29, 0.717) is 12.0 Å². The summed E-state index contributed by atoms with van der Waals surface area (Å²) in [7, 11) is 0. The van der Waals surface area contributed by atoms with Crippen LogP contribution in [0, 0.1) is 0 Å². The Morgan fingerprint density at radius 2 is 1.79 bits per heavy atom. The van der Waals surface area contributed by atoms with Gasteiger partial charge < -0.3 is 10.4 Å². The van der Waals surface area contributed by atoms with E-state index in [2.05, 4.69) is 15.3 Å². The average Bonchev–Trinajstić information content (AvgIpc) is 2.23. The summed E-state index contributed by atoms with van der Waals surface area (Å²) >= 11 is 0. The predicted octanol–water partition coefficient (Wildman–Crippen LogP) is 1.19. The number of rotatable bonds is 2. The monoisotopic (exact) mass is 193 g/mol. The van der Waals surface area contributed by atoms with Crippen molar-refractivity contribution in [3.05, 3.63) is 18.5 Å². The molecule has 0 saturated heterocycles. The van der Waals surface area contributed by atoms with Gasteiger partial charge in [-0.15, -0.1) is 0 Å². The molecule has 2 rings (SSSR count). The fourth-order valence-electron chi connectivity index (χ4n) is 1.78. The maximum absolute atomic E-state index is 9.33. The first-order valence-corrected chi connectivity index (χ1v) is 5.06. The third kappa shape index (κ3) is 2.42. The maximum atomic E-state index is 9.33. The van der Waals surface area contributed by atoms with Crippen LogP contribution in [0.2, 0.25) is 0 Å². The summed E-state index contributed by atoms with van der Waals surface area (Å²) in [6.07, 6.45) is 7.11. The van der Waals surface area contributed by atoms with E-state index >= 15 is 0 Å². The van der Waals surface area contributed by atoms with Crippen molar-refractivity contribution in [1.82, 2.24) is 9.97 Å². The van der Waals surface area contributed by atoms with Crippen molar-refractivity contribution in [3.8, 4) is 0 Å². The van der Waals surface area contributed by atoms with Crippen molar-refractivity contribution in [2.24, 2.45) is 0 Å². The normalized spacial score (nSPS) is 27.2. The van der Waals surface area contributed by atoms with Crippen LogP contribution in [0.4, 0.5) is 5.95 Å². The van der Waals surface area contributed by atoms with Gasteiger partial charge in [0.2, 0.25) is 5.95 Å². The predicted molar refractivity (Wildman–Crippen MR) is 53.9 cm³/mol. The zero-order valence-corrected chi connectivity index (χ0v) is 8.06. The Kier molecular flexibility index (Phi) is 2.93. The molecule has 1 fully saturated rings. The third-order valence-corrected chi connectivity index (χ3v) is 2.60. The largest absolute Gasteiger partial charge is 0.393 e. The summed E-state index contributed by atoms with van der Waals surface area (Å²) in [4.78, 5) is 8.21. The van der Waals surface area contributed by atoms with Gasteiger partial charge in [0, 0.05) is 18.4 Å². The summed E-state index contributed by atoms with van der Waals surface area (Å²) in [6.45, 7) is 0. The smallest absolute Gasteiger partial charge is 0.222 e. The van der Waals surface area contributed by atoms with Gasteiger partial charge in [0.1, 0.15) is 0 Å². The van der Waals surface area contributed by atoms with Gasteiger partial charge in [-0.3, -0.25) is 0 Å². The zero-order valence-electron chi connectivity index (χ0n) is 8.06. The van der Waals surface area contributed by atoms with Gasteiger partial charge in [-0.25, -0.2) is 9.97 Å². The molecule has 76 valence electrons. The minimum absolute atomic E-state index is 0.107. The van der Waals surface area contributed by atoms with Crippen molar-refractivity contribution in [2.75, 3.05) is 5.32 Å². The van der Waals surface area contributed by atoms with E-state index in [4.69, 9.17) is 0 Å². The highest BCUT2D eigenvalue weighted by atomic mass is 16.3. The molecule has 0 unspecified atom stereocenters. The molecule has 1 saturated carbocycles. The molecule has 0 aromatic carbocycles. The Morgan fingerprint density at radius 1 is 1.14 bits per heavy atom. The van der Waals surface area contributed by atoms with Crippen molar-refractivity contribution in [3.63, 3.8) is 0 Å². The lowest BCUT2D eigenvalue weighted by molar-refractivity contribution is 0.126. The van der Waals surface area contributed by atoms with Crippen molar-refractivity contribution in [1.29, 1.82) is 0 Å². The Bertz CT molecular complexity index is 270. The molecular formula is C10H15N3O. The van der Waals surface area contributed by atoms with Crippen LogP contribution in [0.1, 0.15) is 25.7 Å². The molecule has 4 heteroatoms. The first-order chi connectivity index (χ1) is 6.84. The fourth-order valence-corrected chi connectivity index (χ4v) is 1.78. The second kappa shape index (κ2) is 4.37. The summed E-state index contributed by atoms with van der Waals surface area (Å²) in [6, 6.07) is 2.22. The molecule has 1 aromatic heterocycles. The standard InChI is InChI=1S/C10H15N3O/c14-9-4-2-8(3-5-9)13-10-11-6-1-7-12-10/h1,6-9,14H,2-5H2,(H,11,12,13)/t8-,9+. The van der Waals surface area contributed by atoms with Crippen molar-refractivity contribution < 1.29 is 5.11 Å². The molecule has 4 nitrogen and oxygen atoms in total. The summed E-state index contributed by atoms with van der Waals surface area (Å²) in [5.41, 5.74) is 0. The van der Waals surface area contributed by atoms with E-state index in [9.17, 15) is 5.11 Å². The van der Waals surface area contributed by atoms with Gasteiger partial charge >= 0.3 is 0 Å². The quantitative estimate of drug-likeness (QED) is 0.740. The Labute approximate surface area is 83.4 Å². The van der Waals surface area contributed by atoms with Crippen molar-refractivity contribution in [2.45, 2.75) is 37.8 Å². The van der Waals surface area contributed by atoms with Crippen LogP contribution in [0.3, 0.4) is 0 Å². The maximum Gasteiger partial charge on any atom is 0.222 e. The molecule has 0 bridgehead atoms. The van der Waals surface area contributed by atoms with E-state index in [-0.39, 0.29) is 6.10 Å². The minimum Gasteiger partial charge on any atom is -0.393 e. The first-order valence-electron chi connectivity index (χ1n) is 5.06. The highest BCUT2D eigenvalue weighted by molar-refractivity contribution is 5.24. The molecule has 1 aliphatic rings. The highest BCUT2D eigenvalue weighted by Gasteiger charge is 2.19. The van der Waals surface area contributed by atoms with Gasteiger partial charge in [-0.2, -0.15) is 0 Å². The summed E-state index contributed by atoms with van der Waals surface area (Å²) in [5, 5.41) is 12.6.